The summed E-state index contributed by atoms with van der Waals surface area (Å²) in [5.74, 6) is 0. The summed E-state index contributed by atoms with van der Waals surface area (Å²) in [5, 5.41) is 3.18. The molecule has 1 aromatic rings. The summed E-state index contributed by atoms with van der Waals surface area (Å²) in [6, 6.07) is 7.78. The predicted octanol–water partition coefficient (Wildman–Crippen LogP) is 2.50. The first-order valence-corrected chi connectivity index (χ1v) is 7.31. The van der Waals surface area contributed by atoms with Gasteiger partial charge in [-0.05, 0) is 57.9 Å². The average molecular weight is 288 g/mol. The number of hydrogen-bond acceptors (Lipinski definition) is 4. The smallest absolute Gasteiger partial charge is 0.400 e. The number of nitrogens with one attached hydrogen (secondary N) is 1. The van der Waals surface area contributed by atoms with Crippen molar-refractivity contribution in [3.63, 3.8) is 0 Å². The van der Waals surface area contributed by atoms with Crippen molar-refractivity contribution in [3.05, 3.63) is 35.3 Å². The molecule has 0 aromatic heterocycles. The molecule has 0 saturated carbocycles. The van der Waals surface area contributed by atoms with E-state index in [2.05, 4.69) is 39.1 Å². The molecule has 0 bridgehead atoms. The minimum atomic E-state index is -0.333. The second-order valence-electron chi connectivity index (χ2n) is 6.50. The van der Waals surface area contributed by atoms with Gasteiger partial charge >= 0.3 is 7.12 Å². The number of hydrogen-bond donors (Lipinski definition) is 2. The number of likely N-dealkylation sites (N-methyl/N-ethyl adjacent to an activating group) is 1. The second kappa shape index (κ2) is 5.83. The van der Waals surface area contributed by atoms with Crippen LogP contribution in [0.2, 0.25) is 0 Å². The van der Waals surface area contributed by atoms with Crippen LogP contribution in [0.1, 0.15) is 33.3 Å². The molecule has 0 radical (unpaired) electrons. The molecule has 1 saturated heterocycles. The molecule has 1 heterocycles. The van der Waals surface area contributed by atoms with Crippen molar-refractivity contribution in [2.45, 2.75) is 38.9 Å². The Morgan fingerprint density at radius 1 is 1.14 bits per heavy atom. The Kier molecular flexibility index (Phi) is 4.47. The standard InChI is InChI=1S/C16H25BN2O2/c1-15(2)16(3,4)21-17(20-15)13(11-19-5)10-12-6-8-14(18)9-7-12/h6-10,19H,11,18H2,1-5H3. The summed E-state index contributed by atoms with van der Waals surface area (Å²) >= 11 is 0. The van der Waals surface area contributed by atoms with Gasteiger partial charge in [-0.15, -0.1) is 0 Å². The van der Waals surface area contributed by atoms with E-state index in [4.69, 9.17) is 15.0 Å². The van der Waals surface area contributed by atoms with E-state index in [1.54, 1.807) is 0 Å². The van der Waals surface area contributed by atoms with Crippen LogP contribution in [0.25, 0.3) is 6.08 Å². The van der Waals surface area contributed by atoms with Crippen molar-refractivity contribution in [2.75, 3.05) is 19.3 Å². The van der Waals surface area contributed by atoms with Gasteiger partial charge in [-0.1, -0.05) is 18.2 Å². The van der Waals surface area contributed by atoms with Gasteiger partial charge in [-0.2, -0.15) is 0 Å². The fourth-order valence-electron chi connectivity index (χ4n) is 2.21. The zero-order chi connectivity index (χ0) is 15.7. The highest BCUT2D eigenvalue weighted by Crippen LogP contribution is 2.38. The molecule has 114 valence electrons. The van der Waals surface area contributed by atoms with Gasteiger partial charge in [0.2, 0.25) is 0 Å². The van der Waals surface area contributed by atoms with E-state index >= 15 is 0 Å². The van der Waals surface area contributed by atoms with E-state index < -0.39 is 0 Å². The third-order valence-electron chi connectivity index (χ3n) is 4.23. The van der Waals surface area contributed by atoms with E-state index in [0.717, 1.165) is 16.7 Å². The molecule has 2 rings (SSSR count). The highest BCUT2D eigenvalue weighted by Gasteiger charge is 2.52. The molecule has 1 aliphatic rings. The summed E-state index contributed by atoms with van der Waals surface area (Å²) in [4.78, 5) is 0. The maximum atomic E-state index is 6.12. The Balaban J connectivity index is 2.26. The van der Waals surface area contributed by atoms with Gasteiger partial charge in [0.25, 0.3) is 0 Å². The molecule has 0 unspecified atom stereocenters. The Hall–Kier alpha value is -1.30. The van der Waals surface area contributed by atoms with Crippen LogP contribution in [0.4, 0.5) is 5.69 Å². The molecule has 5 heteroatoms. The number of benzene rings is 1. The number of nitrogens with two attached hydrogens (primary N) is 1. The fourth-order valence-corrected chi connectivity index (χ4v) is 2.21. The third-order valence-corrected chi connectivity index (χ3v) is 4.23. The molecule has 0 aliphatic carbocycles. The highest BCUT2D eigenvalue weighted by molar-refractivity contribution is 6.55. The summed E-state index contributed by atoms with van der Waals surface area (Å²) in [5.41, 5.74) is 7.99. The van der Waals surface area contributed by atoms with Crippen LogP contribution in [0.3, 0.4) is 0 Å². The molecule has 0 atom stereocenters. The molecular formula is C16H25BN2O2. The topological polar surface area (TPSA) is 56.5 Å². The minimum Gasteiger partial charge on any atom is -0.400 e. The Bertz CT molecular complexity index is 508. The number of rotatable bonds is 4. The Morgan fingerprint density at radius 3 is 2.14 bits per heavy atom. The van der Waals surface area contributed by atoms with E-state index in [1.165, 1.54) is 0 Å². The lowest BCUT2D eigenvalue weighted by Crippen LogP contribution is -2.41. The van der Waals surface area contributed by atoms with Crippen LogP contribution in [-0.2, 0) is 9.31 Å². The first kappa shape index (κ1) is 16.1. The molecular weight excluding hydrogens is 263 g/mol. The zero-order valence-corrected chi connectivity index (χ0v) is 13.6. The fraction of sp³-hybridized carbons (Fsp3) is 0.500. The van der Waals surface area contributed by atoms with Gasteiger partial charge < -0.3 is 20.4 Å². The number of nitrogen functional groups attached to an aromatic ring is 1. The molecule has 21 heavy (non-hydrogen) atoms. The average Bonchev–Trinajstić information content (AvgIpc) is 2.60. The van der Waals surface area contributed by atoms with Crippen LogP contribution in [0.15, 0.2) is 29.7 Å². The lowest BCUT2D eigenvalue weighted by Gasteiger charge is -2.32. The monoisotopic (exact) mass is 288 g/mol. The normalized spacial score (nSPS) is 20.8. The first-order valence-electron chi connectivity index (χ1n) is 7.31. The minimum absolute atomic E-state index is 0.328. The molecule has 1 aliphatic heterocycles. The van der Waals surface area contributed by atoms with Gasteiger partial charge in [0, 0.05) is 12.2 Å². The highest BCUT2D eigenvalue weighted by atomic mass is 16.7. The van der Waals surface area contributed by atoms with Crippen molar-refractivity contribution < 1.29 is 9.31 Å². The molecule has 4 nitrogen and oxygen atoms in total. The molecule has 1 aromatic carbocycles. The third kappa shape index (κ3) is 3.48. The van der Waals surface area contributed by atoms with Crippen LogP contribution in [0.5, 0.6) is 0 Å². The van der Waals surface area contributed by atoms with Crippen LogP contribution in [-0.4, -0.2) is 31.9 Å². The van der Waals surface area contributed by atoms with E-state index in [1.807, 2.05) is 31.3 Å². The molecule has 0 spiro atoms. The number of anilines is 1. The van der Waals surface area contributed by atoms with Gasteiger partial charge in [0.15, 0.2) is 0 Å². The predicted molar refractivity (Wildman–Crippen MR) is 88.8 cm³/mol. The SMILES string of the molecule is CNCC(=Cc1ccc(N)cc1)B1OC(C)(C)C(C)(C)O1. The summed E-state index contributed by atoms with van der Waals surface area (Å²) in [7, 11) is 1.59. The van der Waals surface area contributed by atoms with Gasteiger partial charge in [0.1, 0.15) is 0 Å². The Labute approximate surface area is 127 Å². The van der Waals surface area contributed by atoms with Crippen molar-refractivity contribution in [1.82, 2.24) is 5.32 Å². The molecule has 0 amide bonds. The van der Waals surface area contributed by atoms with Gasteiger partial charge in [0.05, 0.1) is 11.2 Å². The lowest BCUT2D eigenvalue weighted by atomic mass is 9.77. The van der Waals surface area contributed by atoms with Crippen LogP contribution < -0.4 is 11.1 Å². The first-order chi connectivity index (χ1) is 9.75. The van der Waals surface area contributed by atoms with Crippen molar-refractivity contribution in [2.24, 2.45) is 0 Å². The van der Waals surface area contributed by atoms with Crippen LogP contribution in [0, 0.1) is 0 Å². The van der Waals surface area contributed by atoms with Crippen LogP contribution >= 0.6 is 0 Å². The maximum Gasteiger partial charge on any atom is 0.491 e. The lowest BCUT2D eigenvalue weighted by molar-refractivity contribution is 0.00578. The van der Waals surface area contributed by atoms with E-state index in [9.17, 15) is 0 Å². The van der Waals surface area contributed by atoms with Gasteiger partial charge in [-0.25, -0.2) is 0 Å². The summed E-state index contributed by atoms with van der Waals surface area (Å²) < 4.78 is 12.2. The quantitative estimate of drug-likeness (QED) is 0.660. The molecule has 3 N–H and O–H groups in total. The van der Waals surface area contributed by atoms with Crippen molar-refractivity contribution in [1.29, 1.82) is 0 Å². The van der Waals surface area contributed by atoms with Crippen molar-refractivity contribution in [3.8, 4) is 0 Å². The Morgan fingerprint density at radius 2 is 1.67 bits per heavy atom. The summed E-state index contributed by atoms with van der Waals surface area (Å²) in [6.45, 7) is 8.96. The van der Waals surface area contributed by atoms with E-state index in [0.29, 0.717) is 6.54 Å². The largest absolute Gasteiger partial charge is 0.491 e. The summed E-state index contributed by atoms with van der Waals surface area (Å²) in [6.07, 6.45) is 2.10. The second-order valence-corrected chi connectivity index (χ2v) is 6.50. The van der Waals surface area contributed by atoms with Gasteiger partial charge in [-0.3, -0.25) is 0 Å². The molecule has 1 fully saturated rings. The maximum absolute atomic E-state index is 6.12. The zero-order valence-electron chi connectivity index (χ0n) is 13.6. The van der Waals surface area contributed by atoms with E-state index in [-0.39, 0.29) is 18.3 Å². The van der Waals surface area contributed by atoms with Crippen molar-refractivity contribution >= 4 is 18.9 Å².